The highest BCUT2D eigenvalue weighted by atomic mass is 32.1. The largest absolute Gasteiger partial charge is 0.332 e. The standard InChI is InChI=1S/C13H9FN2OS/c14-10-5-2-1-4-9(10)11(8-15)16-13(17)12-6-3-7-18-12/h1-7,11H,(H,16,17). The molecule has 0 aliphatic heterocycles. The Bertz CT molecular complexity index is 589. The lowest BCUT2D eigenvalue weighted by Gasteiger charge is -2.11. The van der Waals surface area contributed by atoms with E-state index in [9.17, 15) is 9.18 Å². The molecule has 0 saturated heterocycles. The molecular weight excluding hydrogens is 251 g/mol. The molecule has 0 radical (unpaired) electrons. The fraction of sp³-hybridized carbons (Fsp3) is 0.0769. The molecule has 1 aromatic carbocycles. The number of benzene rings is 1. The van der Waals surface area contributed by atoms with E-state index in [2.05, 4.69) is 5.32 Å². The molecule has 1 N–H and O–H groups in total. The van der Waals surface area contributed by atoms with Crippen LogP contribution in [0.1, 0.15) is 21.3 Å². The minimum absolute atomic E-state index is 0.171. The molecule has 0 aliphatic carbocycles. The number of amides is 1. The highest BCUT2D eigenvalue weighted by Gasteiger charge is 2.18. The SMILES string of the molecule is N#CC(NC(=O)c1cccs1)c1ccccc1F. The van der Waals surface area contributed by atoms with Crippen LogP contribution >= 0.6 is 11.3 Å². The van der Waals surface area contributed by atoms with E-state index in [1.807, 2.05) is 6.07 Å². The normalized spacial score (nSPS) is 11.6. The van der Waals surface area contributed by atoms with Gasteiger partial charge in [0, 0.05) is 5.56 Å². The van der Waals surface area contributed by atoms with Crippen LogP contribution in [0.2, 0.25) is 0 Å². The fourth-order valence-electron chi connectivity index (χ4n) is 1.50. The summed E-state index contributed by atoms with van der Waals surface area (Å²) in [5.74, 6) is -0.879. The zero-order chi connectivity index (χ0) is 13.0. The summed E-state index contributed by atoms with van der Waals surface area (Å²) >= 11 is 1.27. The minimum Gasteiger partial charge on any atom is -0.332 e. The Morgan fingerprint density at radius 2 is 2.11 bits per heavy atom. The molecule has 0 saturated carbocycles. The maximum absolute atomic E-state index is 13.5. The van der Waals surface area contributed by atoms with Gasteiger partial charge >= 0.3 is 0 Å². The molecule has 0 aliphatic rings. The summed E-state index contributed by atoms with van der Waals surface area (Å²) in [7, 11) is 0. The zero-order valence-electron chi connectivity index (χ0n) is 9.26. The summed E-state index contributed by atoms with van der Waals surface area (Å²) in [5.41, 5.74) is 0.171. The van der Waals surface area contributed by atoms with Crippen LogP contribution < -0.4 is 5.32 Å². The third-order valence-corrected chi connectivity index (χ3v) is 3.23. The van der Waals surface area contributed by atoms with Crippen molar-refractivity contribution in [2.45, 2.75) is 6.04 Å². The number of thiophene rings is 1. The molecule has 1 unspecified atom stereocenters. The monoisotopic (exact) mass is 260 g/mol. The number of hydrogen-bond acceptors (Lipinski definition) is 3. The Hall–Kier alpha value is -2.19. The van der Waals surface area contributed by atoms with Crippen LogP contribution in [0, 0.1) is 17.1 Å². The van der Waals surface area contributed by atoms with Gasteiger partial charge in [-0.3, -0.25) is 4.79 Å². The van der Waals surface area contributed by atoms with Crippen molar-refractivity contribution in [1.29, 1.82) is 5.26 Å². The van der Waals surface area contributed by atoms with Crippen LogP contribution in [0.4, 0.5) is 4.39 Å². The molecule has 1 aromatic heterocycles. The van der Waals surface area contributed by atoms with Crippen molar-refractivity contribution in [1.82, 2.24) is 5.32 Å². The summed E-state index contributed by atoms with van der Waals surface area (Å²) in [6.45, 7) is 0. The number of nitrogens with one attached hydrogen (secondary N) is 1. The first-order valence-corrected chi connectivity index (χ1v) is 6.08. The highest BCUT2D eigenvalue weighted by Crippen LogP contribution is 2.17. The summed E-state index contributed by atoms with van der Waals surface area (Å²) in [5, 5.41) is 13.3. The summed E-state index contributed by atoms with van der Waals surface area (Å²) in [6.07, 6.45) is 0. The molecule has 1 amide bonds. The van der Waals surface area contributed by atoms with Gasteiger partial charge in [-0.15, -0.1) is 11.3 Å². The van der Waals surface area contributed by atoms with Crippen molar-refractivity contribution < 1.29 is 9.18 Å². The van der Waals surface area contributed by atoms with Crippen LogP contribution in [-0.4, -0.2) is 5.91 Å². The fourth-order valence-corrected chi connectivity index (χ4v) is 2.13. The van der Waals surface area contributed by atoms with Gasteiger partial charge in [-0.2, -0.15) is 5.26 Å². The van der Waals surface area contributed by atoms with E-state index in [-0.39, 0.29) is 11.5 Å². The molecule has 2 aromatic rings. The summed E-state index contributed by atoms with van der Waals surface area (Å²) in [6, 6.07) is 10.2. The molecular formula is C13H9FN2OS. The molecule has 1 heterocycles. The molecule has 18 heavy (non-hydrogen) atoms. The lowest BCUT2D eigenvalue weighted by Crippen LogP contribution is -2.27. The van der Waals surface area contributed by atoms with Gasteiger partial charge in [-0.05, 0) is 17.5 Å². The van der Waals surface area contributed by atoms with Gasteiger partial charge in [0.15, 0.2) is 0 Å². The number of carbonyl (C=O) groups excluding carboxylic acids is 1. The smallest absolute Gasteiger partial charge is 0.262 e. The summed E-state index contributed by atoms with van der Waals surface area (Å²) < 4.78 is 13.5. The topological polar surface area (TPSA) is 52.9 Å². The van der Waals surface area contributed by atoms with Crippen LogP contribution in [0.3, 0.4) is 0 Å². The number of carbonyl (C=O) groups is 1. The van der Waals surface area contributed by atoms with Gasteiger partial charge in [0.1, 0.15) is 11.9 Å². The highest BCUT2D eigenvalue weighted by molar-refractivity contribution is 7.12. The van der Waals surface area contributed by atoms with Crippen molar-refractivity contribution in [2.75, 3.05) is 0 Å². The van der Waals surface area contributed by atoms with Gasteiger partial charge in [0.05, 0.1) is 10.9 Å². The van der Waals surface area contributed by atoms with E-state index in [1.165, 1.54) is 29.5 Å². The third kappa shape index (κ3) is 2.55. The number of halogens is 1. The minimum atomic E-state index is -0.985. The first kappa shape index (κ1) is 12.3. The van der Waals surface area contributed by atoms with Crippen LogP contribution in [0.25, 0.3) is 0 Å². The summed E-state index contributed by atoms with van der Waals surface area (Å²) in [4.78, 5) is 12.3. The quantitative estimate of drug-likeness (QED) is 0.922. The van der Waals surface area contributed by atoms with Crippen molar-refractivity contribution in [3.8, 4) is 6.07 Å². The van der Waals surface area contributed by atoms with Crippen molar-refractivity contribution in [2.24, 2.45) is 0 Å². The average molecular weight is 260 g/mol. The molecule has 0 fully saturated rings. The molecule has 0 spiro atoms. The van der Waals surface area contributed by atoms with Gasteiger partial charge < -0.3 is 5.32 Å². The van der Waals surface area contributed by atoms with Crippen molar-refractivity contribution in [3.05, 3.63) is 58.0 Å². The lowest BCUT2D eigenvalue weighted by atomic mass is 10.1. The number of nitrogens with zero attached hydrogens (tertiary/aromatic N) is 1. The third-order valence-electron chi connectivity index (χ3n) is 2.37. The van der Waals surface area contributed by atoms with E-state index >= 15 is 0 Å². The van der Waals surface area contributed by atoms with E-state index in [0.717, 1.165) is 0 Å². The van der Waals surface area contributed by atoms with Gasteiger partial charge in [0.2, 0.25) is 0 Å². The lowest BCUT2D eigenvalue weighted by molar-refractivity contribution is 0.0949. The Labute approximate surface area is 107 Å². The molecule has 0 bridgehead atoms. The first-order valence-electron chi connectivity index (χ1n) is 5.21. The Kier molecular flexibility index (Phi) is 3.70. The van der Waals surface area contributed by atoms with Gasteiger partial charge in [-0.1, -0.05) is 24.3 Å². The number of rotatable bonds is 3. The molecule has 3 nitrogen and oxygen atoms in total. The van der Waals surface area contributed by atoms with Crippen molar-refractivity contribution in [3.63, 3.8) is 0 Å². The van der Waals surface area contributed by atoms with E-state index in [4.69, 9.17) is 5.26 Å². The maximum atomic E-state index is 13.5. The second-order valence-electron chi connectivity index (χ2n) is 3.53. The van der Waals surface area contributed by atoms with E-state index in [1.54, 1.807) is 23.6 Å². The Morgan fingerprint density at radius 1 is 1.33 bits per heavy atom. The molecule has 1 atom stereocenters. The molecule has 2 rings (SSSR count). The number of nitriles is 1. The zero-order valence-corrected chi connectivity index (χ0v) is 10.1. The van der Waals surface area contributed by atoms with Crippen LogP contribution in [0.15, 0.2) is 41.8 Å². The van der Waals surface area contributed by atoms with Gasteiger partial charge in [0.25, 0.3) is 5.91 Å². The number of hydrogen-bond donors (Lipinski definition) is 1. The van der Waals surface area contributed by atoms with Gasteiger partial charge in [-0.25, -0.2) is 4.39 Å². The maximum Gasteiger partial charge on any atom is 0.262 e. The Balaban J connectivity index is 2.19. The van der Waals surface area contributed by atoms with Crippen molar-refractivity contribution >= 4 is 17.2 Å². The second-order valence-corrected chi connectivity index (χ2v) is 4.48. The van der Waals surface area contributed by atoms with E-state index in [0.29, 0.717) is 4.88 Å². The van der Waals surface area contributed by atoms with Crippen LogP contribution in [-0.2, 0) is 0 Å². The van der Waals surface area contributed by atoms with E-state index < -0.39 is 11.9 Å². The predicted molar refractivity (Wildman–Crippen MR) is 66.5 cm³/mol. The van der Waals surface area contributed by atoms with Crippen LogP contribution in [0.5, 0.6) is 0 Å². The first-order chi connectivity index (χ1) is 8.72. The molecule has 90 valence electrons. The predicted octanol–water partition coefficient (Wildman–Crippen LogP) is 2.88. The Morgan fingerprint density at radius 3 is 2.72 bits per heavy atom. The molecule has 5 heteroatoms. The second kappa shape index (κ2) is 5.43. The average Bonchev–Trinajstić information content (AvgIpc) is 2.90.